The Kier molecular flexibility index (Phi) is 4.69. The fourth-order valence-electron chi connectivity index (χ4n) is 5.12. The summed E-state index contributed by atoms with van der Waals surface area (Å²) in [6, 6.07) is 6.84. The summed E-state index contributed by atoms with van der Waals surface area (Å²) >= 11 is 7.87. The molecule has 8 heteroatoms. The summed E-state index contributed by atoms with van der Waals surface area (Å²) in [5.74, 6) is 3.12. The summed E-state index contributed by atoms with van der Waals surface area (Å²) in [6.45, 7) is 2.12. The number of thiophene rings is 1. The maximum atomic E-state index is 6.12. The molecule has 3 saturated carbocycles. The minimum Gasteiger partial charge on any atom is -0.367 e. The van der Waals surface area contributed by atoms with E-state index in [1.54, 1.807) is 17.5 Å². The van der Waals surface area contributed by atoms with Gasteiger partial charge < -0.3 is 10.3 Å². The Morgan fingerprint density at radius 1 is 1.13 bits per heavy atom. The Bertz CT molecular complexity index is 1260. The SMILES string of the molecule is Cc1ccc(-c2cc(NC3CC4CCC3CC4)nc(-c3c[nH]c4ncc(Cl)nc34)n2)s1. The average Bonchev–Trinajstić information content (AvgIpc) is 3.40. The molecule has 7 rings (SSSR count). The summed E-state index contributed by atoms with van der Waals surface area (Å²) in [6.07, 6.45) is 10.1. The molecule has 0 amide bonds. The van der Waals surface area contributed by atoms with Crippen LogP contribution in [0, 0.1) is 18.8 Å². The second-order valence-electron chi connectivity index (χ2n) is 8.73. The number of nitrogens with zero attached hydrogens (tertiary/aromatic N) is 4. The number of hydrogen-bond acceptors (Lipinski definition) is 6. The Labute approximate surface area is 189 Å². The van der Waals surface area contributed by atoms with Crippen molar-refractivity contribution in [1.29, 1.82) is 0 Å². The molecule has 0 aliphatic heterocycles. The number of fused-ring (bicyclic) bond motifs is 4. The maximum Gasteiger partial charge on any atom is 0.165 e. The highest BCUT2D eigenvalue weighted by molar-refractivity contribution is 7.15. The van der Waals surface area contributed by atoms with Crippen LogP contribution < -0.4 is 5.32 Å². The largest absolute Gasteiger partial charge is 0.367 e. The summed E-state index contributed by atoms with van der Waals surface area (Å²) in [7, 11) is 0. The van der Waals surface area contributed by atoms with Crippen molar-refractivity contribution in [2.45, 2.75) is 45.1 Å². The Morgan fingerprint density at radius 2 is 2.00 bits per heavy atom. The topological polar surface area (TPSA) is 79.4 Å². The van der Waals surface area contributed by atoms with E-state index in [-0.39, 0.29) is 0 Å². The van der Waals surface area contributed by atoms with Crippen LogP contribution in [0.25, 0.3) is 33.1 Å². The van der Waals surface area contributed by atoms with Gasteiger partial charge in [0.05, 0.1) is 22.3 Å². The van der Waals surface area contributed by atoms with Gasteiger partial charge in [-0.05, 0) is 50.2 Å². The van der Waals surface area contributed by atoms with Crippen LogP contribution in [0.3, 0.4) is 0 Å². The molecule has 0 radical (unpaired) electrons. The third-order valence-electron chi connectivity index (χ3n) is 6.69. The summed E-state index contributed by atoms with van der Waals surface area (Å²) < 4.78 is 0. The Balaban J connectivity index is 1.44. The highest BCUT2D eigenvalue weighted by Crippen LogP contribution is 2.42. The molecule has 1 atom stereocenters. The first-order valence-corrected chi connectivity index (χ1v) is 12.0. The molecule has 3 fully saturated rings. The third kappa shape index (κ3) is 3.59. The van der Waals surface area contributed by atoms with Crippen molar-refractivity contribution >= 4 is 39.9 Å². The van der Waals surface area contributed by atoms with Gasteiger partial charge in [0.25, 0.3) is 0 Å². The molecule has 1 unspecified atom stereocenters. The minimum atomic E-state index is 0.356. The number of aryl methyl sites for hydroxylation is 1. The normalized spacial score (nSPS) is 22.8. The zero-order valence-corrected chi connectivity index (χ0v) is 18.8. The molecule has 4 aromatic heterocycles. The van der Waals surface area contributed by atoms with Crippen LogP contribution in [0.15, 0.2) is 30.6 Å². The second kappa shape index (κ2) is 7.57. The molecule has 3 aliphatic rings. The standard InChI is InChI=1S/C23H23ClN6S/c1-12-2-7-18(31-12)17-9-20(27-16-8-13-3-5-14(16)6-4-13)30-22(28-17)15-10-25-23-21(15)29-19(24)11-26-23/h2,7,9-11,13-14,16H,3-6,8H2,1H3,(H,25,26)(H,27,28,30). The maximum absolute atomic E-state index is 6.12. The molecule has 2 bridgehead atoms. The van der Waals surface area contributed by atoms with E-state index >= 15 is 0 Å². The minimum absolute atomic E-state index is 0.356. The van der Waals surface area contributed by atoms with Crippen LogP contribution in [-0.2, 0) is 0 Å². The molecule has 2 N–H and O–H groups in total. The zero-order chi connectivity index (χ0) is 20.9. The van der Waals surface area contributed by atoms with E-state index in [0.29, 0.717) is 28.2 Å². The van der Waals surface area contributed by atoms with Crippen LogP contribution in [0.2, 0.25) is 5.15 Å². The van der Waals surface area contributed by atoms with Crippen molar-refractivity contribution in [2.24, 2.45) is 11.8 Å². The molecule has 3 aliphatic carbocycles. The van der Waals surface area contributed by atoms with Crippen LogP contribution in [0.4, 0.5) is 5.82 Å². The van der Waals surface area contributed by atoms with Gasteiger partial charge in [0.1, 0.15) is 16.5 Å². The average molecular weight is 451 g/mol. The van der Waals surface area contributed by atoms with Crippen molar-refractivity contribution in [1.82, 2.24) is 24.9 Å². The first-order chi connectivity index (χ1) is 15.1. The fourth-order valence-corrected chi connectivity index (χ4v) is 6.09. The Morgan fingerprint density at radius 3 is 2.74 bits per heavy atom. The summed E-state index contributed by atoms with van der Waals surface area (Å²) in [5, 5.41) is 4.13. The molecular weight excluding hydrogens is 428 g/mol. The molecule has 0 aromatic carbocycles. The van der Waals surface area contributed by atoms with Gasteiger partial charge >= 0.3 is 0 Å². The molecule has 4 aromatic rings. The van der Waals surface area contributed by atoms with Crippen LogP contribution >= 0.6 is 22.9 Å². The zero-order valence-electron chi connectivity index (χ0n) is 17.2. The highest BCUT2D eigenvalue weighted by Gasteiger charge is 2.35. The van der Waals surface area contributed by atoms with Crippen molar-refractivity contribution in [3.63, 3.8) is 0 Å². The first kappa shape index (κ1) is 19.2. The number of nitrogens with one attached hydrogen (secondary N) is 2. The van der Waals surface area contributed by atoms with E-state index in [2.05, 4.69) is 45.4 Å². The van der Waals surface area contributed by atoms with Crippen LogP contribution in [0.5, 0.6) is 0 Å². The first-order valence-electron chi connectivity index (χ1n) is 10.8. The predicted molar refractivity (Wildman–Crippen MR) is 125 cm³/mol. The quantitative estimate of drug-likeness (QED) is 0.393. The van der Waals surface area contributed by atoms with Crippen molar-refractivity contribution in [3.8, 4) is 22.0 Å². The van der Waals surface area contributed by atoms with E-state index in [1.807, 2.05) is 6.20 Å². The molecule has 158 valence electrons. The van der Waals surface area contributed by atoms with Gasteiger partial charge in [-0.3, -0.25) is 0 Å². The van der Waals surface area contributed by atoms with Gasteiger partial charge in [-0.15, -0.1) is 11.3 Å². The second-order valence-corrected chi connectivity index (χ2v) is 10.4. The number of hydrogen-bond donors (Lipinski definition) is 2. The molecule has 0 spiro atoms. The number of aromatic nitrogens is 5. The van der Waals surface area contributed by atoms with Crippen LogP contribution in [0.1, 0.15) is 37.0 Å². The van der Waals surface area contributed by atoms with Gasteiger partial charge in [0.2, 0.25) is 0 Å². The third-order valence-corrected chi connectivity index (χ3v) is 7.90. The van der Waals surface area contributed by atoms with E-state index in [0.717, 1.165) is 33.8 Å². The van der Waals surface area contributed by atoms with Gasteiger partial charge in [0, 0.05) is 23.2 Å². The van der Waals surface area contributed by atoms with Gasteiger partial charge in [0.15, 0.2) is 11.5 Å². The highest BCUT2D eigenvalue weighted by atomic mass is 35.5. The molecule has 6 nitrogen and oxygen atoms in total. The Hall–Kier alpha value is -2.51. The van der Waals surface area contributed by atoms with E-state index in [1.165, 1.54) is 37.0 Å². The van der Waals surface area contributed by atoms with E-state index in [9.17, 15) is 0 Å². The van der Waals surface area contributed by atoms with E-state index in [4.69, 9.17) is 21.6 Å². The molecule has 31 heavy (non-hydrogen) atoms. The lowest BCUT2D eigenvalue weighted by molar-refractivity contribution is 0.157. The van der Waals surface area contributed by atoms with Crippen molar-refractivity contribution in [3.05, 3.63) is 40.6 Å². The van der Waals surface area contributed by atoms with Gasteiger partial charge in [-0.25, -0.2) is 19.9 Å². The number of H-pyrrole nitrogens is 1. The van der Waals surface area contributed by atoms with Gasteiger partial charge in [-0.1, -0.05) is 24.4 Å². The van der Waals surface area contributed by atoms with E-state index < -0.39 is 0 Å². The number of aromatic amines is 1. The predicted octanol–water partition coefficient (Wildman–Crippen LogP) is 6.10. The summed E-state index contributed by atoms with van der Waals surface area (Å²) in [4.78, 5) is 24.2. The van der Waals surface area contributed by atoms with Crippen molar-refractivity contribution in [2.75, 3.05) is 5.32 Å². The fraction of sp³-hybridized carbons (Fsp3) is 0.391. The lowest BCUT2D eigenvalue weighted by Crippen LogP contribution is -2.40. The lowest BCUT2D eigenvalue weighted by atomic mass is 9.68. The molecule has 0 saturated heterocycles. The molecule has 4 heterocycles. The smallest absolute Gasteiger partial charge is 0.165 e. The van der Waals surface area contributed by atoms with Gasteiger partial charge in [-0.2, -0.15) is 0 Å². The monoisotopic (exact) mass is 450 g/mol. The summed E-state index contributed by atoms with van der Waals surface area (Å²) in [5.41, 5.74) is 3.11. The molecular formula is C23H23ClN6S. The number of halogens is 1. The van der Waals surface area contributed by atoms with Crippen molar-refractivity contribution < 1.29 is 0 Å². The number of anilines is 1. The lowest BCUT2D eigenvalue weighted by Gasteiger charge is -2.42. The number of rotatable bonds is 4. The van der Waals surface area contributed by atoms with Crippen LogP contribution in [-0.4, -0.2) is 31.0 Å².